The highest BCUT2D eigenvalue weighted by atomic mass is 16.5. The first-order chi connectivity index (χ1) is 10.2. The minimum absolute atomic E-state index is 0.368. The zero-order valence-electron chi connectivity index (χ0n) is 13.9. The molecule has 21 heavy (non-hydrogen) atoms. The monoisotopic (exact) mass is 291 g/mol. The van der Waals surface area contributed by atoms with Crippen molar-refractivity contribution < 1.29 is 9.47 Å². The highest BCUT2D eigenvalue weighted by Crippen LogP contribution is 2.50. The third-order valence-electron chi connectivity index (χ3n) is 5.03. The van der Waals surface area contributed by atoms with Crippen molar-refractivity contribution in [3.8, 4) is 11.5 Å². The molecule has 1 fully saturated rings. The van der Waals surface area contributed by atoms with Gasteiger partial charge in [-0.25, -0.2) is 0 Å². The Bertz CT molecular complexity index is 430. The molecule has 1 unspecified atom stereocenters. The average Bonchev–Trinajstić information content (AvgIpc) is 3.01. The molecule has 3 nitrogen and oxygen atoms in total. The van der Waals surface area contributed by atoms with Crippen LogP contribution in [0, 0.1) is 5.41 Å². The van der Waals surface area contributed by atoms with Gasteiger partial charge < -0.3 is 14.8 Å². The lowest BCUT2D eigenvalue weighted by Gasteiger charge is -2.38. The van der Waals surface area contributed by atoms with Crippen LogP contribution in [0.3, 0.4) is 0 Å². The first kappa shape index (κ1) is 16.2. The van der Waals surface area contributed by atoms with Crippen LogP contribution in [0.25, 0.3) is 0 Å². The Morgan fingerprint density at radius 3 is 2.05 bits per heavy atom. The fourth-order valence-electron chi connectivity index (χ4n) is 3.81. The van der Waals surface area contributed by atoms with Gasteiger partial charge >= 0.3 is 0 Å². The predicted molar refractivity (Wildman–Crippen MR) is 87.2 cm³/mol. The van der Waals surface area contributed by atoms with Gasteiger partial charge in [0.15, 0.2) is 0 Å². The molecule has 1 saturated carbocycles. The SMILES string of the molecule is CCNC(c1cc(OC)cc(OC)c1)C1(CC)CCCC1. The highest BCUT2D eigenvalue weighted by Gasteiger charge is 2.40. The molecular weight excluding hydrogens is 262 g/mol. The molecule has 3 heteroatoms. The van der Waals surface area contributed by atoms with E-state index in [1.807, 2.05) is 6.07 Å². The molecule has 1 aromatic carbocycles. The lowest BCUT2D eigenvalue weighted by molar-refractivity contribution is 0.188. The molecular formula is C18H29NO2. The third kappa shape index (κ3) is 3.34. The fourth-order valence-corrected chi connectivity index (χ4v) is 3.81. The Labute approximate surface area is 129 Å². The van der Waals surface area contributed by atoms with Crippen LogP contribution >= 0.6 is 0 Å². The van der Waals surface area contributed by atoms with Crippen molar-refractivity contribution in [2.24, 2.45) is 5.41 Å². The zero-order chi connectivity index (χ0) is 15.3. The lowest BCUT2D eigenvalue weighted by atomic mass is 9.73. The average molecular weight is 291 g/mol. The lowest BCUT2D eigenvalue weighted by Crippen LogP contribution is -2.36. The van der Waals surface area contributed by atoms with Crippen LogP contribution in [0.4, 0.5) is 0 Å². The molecule has 1 aliphatic rings. The molecule has 0 aromatic heterocycles. The van der Waals surface area contributed by atoms with Crippen LogP contribution in [0.2, 0.25) is 0 Å². The van der Waals surface area contributed by atoms with Crippen LogP contribution in [-0.4, -0.2) is 20.8 Å². The van der Waals surface area contributed by atoms with E-state index in [1.54, 1.807) is 14.2 Å². The van der Waals surface area contributed by atoms with E-state index < -0.39 is 0 Å². The van der Waals surface area contributed by atoms with Gasteiger partial charge in [-0.3, -0.25) is 0 Å². The Morgan fingerprint density at radius 1 is 1.05 bits per heavy atom. The van der Waals surface area contributed by atoms with Crippen LogP contribution in [0.15, 0.2) is 18.2 Å². The second-order valence-electron chi connectivity index (χ2n) is 6.06. The summed E-state index contributed by atoms with van der Waals surface area (Å²) < 4.78 is 10.9. The van der Waals surface area contributed by atoms with E-state index in [1.165, 1.54) is 37.7 Å². The number of hydrogen-bond donors (Lipinski definition) is 1. The quantitative estimate of drug-likeness (QED) is 0.811. The van der Waals surface area contributed by atoms with Gasteiger partial charge in [-0.15, -0.1) is 0 Å². The van der Waals surface area contributed by atoms with Crippen molar-refractivity contribution in [1.29, 1.82) is 0 Å². The third-order valence-corrected chi connectivity index (χ3v) is 5.03. The summed E-state index contributed by atoms with van der Waals surface area (Å²) in [5.41, 5.74) is 1.66. The standard InChI is InChI=1S/C18H29NO2/c1-5-18(9-7-8-10-18)17(19-6-2)14-11-15(20-3)13-16(12-14)21-4/h11-13,17,19H,5-10H2,1-4H3. The number of rotatable bonds is 7. The van der Waals surface area contributed by atoms with Crippen LogP contribution in [0.1, 0.15) is 57.6 Å². The summed E-state index contributed by atoms with van der Waals surface area (Å²) >= 11 is 0. The van der Waals surface area contributed by atoms with Crippen molar-refractivity contribution in [3.63, 3.8) is 0 Å². The molecule has 0 radical (unpaired) electrons. The van der Waals surface area contributed by atoms with E-state index in [2.05, 4.69) is 31.3 Å². The molecule has 2 rings (SSSR count). The number of hydrogen-bond acceptors (Lipinski definition) is 3. The number of methoxy groups -OCH3 is 2. The highest BCUT2D eigenvalue weighted by molar-refractivity contribution is 5.40. The summed E-state index contributed by atoms with van der Waals surface area (Å²) in [5, 5.41) is 3.72. The second-order valence-corrected chi connectivity index (χ2v) is 6.06. The minimum Gasteiger partial charge on any atom is -0.497 e. The summed E-state index contributed by atoms with van der Waals surface area (Å²) in [5.74, 6) is 1.74. The van der Waals surface area contributed by atoms with Crippen molar-refractivity contribution in [2.45, 2.75) is 52.0 Å². The van der Waals surface area contributed by atoms with Crippen molar-refractivity contribution in [3.05, 3.63) is 23.8 Å². The van der Waals surface area contributed by atoms with Gasteiger partial charge in [-0.1, -0.05) is 26.7 Å². The minimum atomic E-state index is 0.368. The van der Waals surface area contributed by atoms with Gasteiger partial charge in [-0.2, -0.15) is 0 Å². The van der Waals surface area contributed by atoms with E-state index in [0.717, 1.165) is 18.0 Å². The van der Waals surface area contributed by atoms with Crippen molar-refractivity contribution >= 4 is 0 Å². The largest absolute Gasteiger partial charge is 0.497 e. The topological polar surface area (TPSA) is 30.5 Å². The first-order valence-corrected chi connectivity index (χ1v) is 8.15. The summed E-state index contributed by atoms with van der Waals surface area (Å²) in [7, 11) is 3.43. The number of ether oxygens (including phenoxy) is 2. The van der Waals surface area contributed by atoms with Gasteiger partial charge in [0.1, 0.15) is 11.5 Å². The Morgan fingerprint density at radius 2 is 1.62 bits per heavy atom. The zero-order valence-corrected chi connectivity index (χ0v) is 13.9. The Kier molecular flexibility index (Phi) is 5.51. The Hall–Kier alpha value is -1.22. The normalized spacial score (nSPS) is 18.5. The van der Waals surface area contributed by atoms with Crippen LogP contribution < -0.4 is 14.8 Å². The predicted octanol–water partition coefficient (Wildman–Crippen LogP) is 4.32. The molecule has 0 saturated heterocycles. The Balaban J connectivity index is 2.41. The molecule has 1 aromatic rings. The van der Waals surface area contributed by atoms with E-state index in [4.69, 9.17) is 9.47 Å². The van der Waals surface area contributed by atoms with Crippen molar-refractivity contribution in [1.82, 2.24) is 5.32 Å². The molecule has 0 aliphatic heterocycles. The molecule has 0 heterocycles. The van der Waals surface area contributed by atoms with E-state index >= 15 is 0 Å². The van der Waals surface area contributed by atoms with Crippen LogP contribution in [-0.2, 0) is 0 Å². The maximum absolute atomic E-state index is 5.45. The molecule has 118 valence electrons. The smallest absolute Gasteiger partial charge is 0.122 e. The molecule has 0 bridgehead atoms. The maximum atomic E-state index is 5.45. The van der Waals surface area contributed by atoms with Gasteiger partial charge in [0.05, 0.1) is 14.2 Å². The number of nitrogens with one attached hydrogen (secondary N) is 1. The summed E-state index contributed by atoms with van der Waals surface area (Å²) in [6, 6.07) is 6.63. The van der Waals surface area contributed by atoms with Gasteiger partial charge in [0, 0.05) is 12.1 Å². The van der Waals surface area contributed by atoms with Gasteiger partial charge in [0.2, 0.25) is 0 Å². The molecule has 1 N–H and O–H groups in total. The summed E-state index contributed by atoms with van der Waals surface area (Å²) in [6.07, 6.45) is 6.51. The molecule has 1 atom stereocenters. The van der Waals surface area contributed by atoms with Crippen LogP contribution in [0.5, 0.6) is 11.5 Å². The first-order valence-electron chi connectivity index (χ1n) is 8.15. The molecule has 0 spiro atoms. The fraction of sp³-hybridized carbons (Fsp3) is 0.667. The maximum Gasteiger partial charge on any atom is 0.122 e. The van der Waals surface area contributed by atoms with E-state index in [-0.39, 0.29) is 0 Å². The summed E-state index contributed by atoms with van der Waals surface area (Å²) in [6.45, 7) is 5.49. The van der Waals surface area contributed by atoms with Gasteiger partial charge in [-0.05, 0) is 48.9 Å². The van der Waals surface area contributed by atoms with Gasteiger partial charge in [0.25, 0.3) is 0 Å². The molecule has 1 aliphatic carbocycles. The van der Waals surface area contributed by atoms with Crippen molar-refractivity contribution in [2.75, 3.05) is 20.8 Å². The number of benzene rings is 1. The summed E-state index contributed by atoms with van der Waals surface area (Å²) in [4.78, 5) is 0. The molecule has 0 amide bonds. The second kappa shape index (κ2) is 7.17. The van der Waals surface area contributed by atoms with E-state index in [9.17, 15) is 0 Å². The van der Waals surface area contributed by atoms with E-state index in [0.29, 0.717) is 11.5 Å².